The highest BCUT2D eigenvalue weighted by Crippen LogP contribution is 2.28. The van der Waals surface area contributed by atoms with Crippen LogP contribution in [0.15, 0.2) is 28.2 Å². The summed E-state index contributed by atoms with van der Waals surface area (Å²) in [5.74, 6) is -0.979. The number of hydrogen-bond donors (Lipinski definition) is 3. The highest BCUT2D eigenvalue weighted by Gasteiger charge is 2.31. The lowest BCUT2D eigenvalue weighted by Crippen LogP contribution is -2.26. The normalized spacial score (nSPS) is 12.1. The summed E-state index contributed by atoms with van der Waals surface area (Å²) in [6.07, 6.45) is -4.78. The van der Waals surface area contributed by atoms with Crippen LogP contribution in [0.1, 0.15) is 5.56 Å². The number of aliphatic imine (C=N–C) groups is 2. The van der Waals surface area contributed by atoms with Crippen LogP contribution in [0, 0.1) is 6.92 Å². The predicted molar refractivity (Wildman–Crippen MR) is 65.0 cm³/mol. The van der Waals surface area contributed by atoms with E-state index in [0.717, 1.165) is 6.07 Å². The Morgan fingerprint density at radius 2 is 1.79 bits per heavy atom. The molecule has 9 heteroatoms. The maximum atomic E-state index is 12.1. The van der Waals surface area contributed by atoms with E-state index in [1.165, 1.54) is 12.1 Å². The van der Waals surface area contributed by atoms with E-state index in [2.05, 4.69) is 14.7 Å². The SMILES string of the molecule is Cc1cc(N=C(N)N=C(N)N)cc(OC(F)(F)F)c1. The Morgan fingerprint density at radius 1 is 1.16 bits per heavy atom. The first-order valence-electron chi connectivity index (χ1n) is 4.97. The molecule has 0 unspecified atom stereocenters. The first kappa shape index (κ1) is 14.6. The third kappa shape index (κ3) is 5.61. The Balaban J connectivity index is 3.07. The standard InChI is InChI=1S/C10H12F3N5O/c1-5-2-6(17-9(16)18-8(14)15)4-7(3-5)19-10(11,12)13/h2-4H,1H3,(H6,14,15,16,17,18). The van der Waals surface area contributed by atoms with Gasteiger partial charge in [0, 0.05) is 6.07 Å². The minimum Gasteiger partial charge on any atom is -0.406 e. The van der Waals surface area contributed by atoms with Crippen molar-refractivity contribution in [3.8, 4) is 5.75 Å². The molecule has 1 rings (SSSR count). The van der Waals surface area contributed by atoms with Gasteiger partial charge < -0.3 is 21.9 Å². The lowest BCUT2D eigenvalue weighted by molar-refractivity contribution is -0.274. The number of aryl methyl sites for hydroxylation is 1. The zero-order valence-corrected chi connectivity index (χ0v) is 9.90. The molecule has 0 amide bonds. The molecule has 0 spiro atoms. The van der Waals surface area contributed by atoms with Crippen LogP contribution in [0.3, 0.4) is 0 Å². The van der Waals surface area contributed by atoms with Crippen molar-refractivity contribution in [2.75, 3.05) is 0 Å². The van der Waals surface area contributed by atoms with Crippen LogP contribution in [0.4, 0.5) is 18.9 Å². The van der Waals surface area contributed by atoms with Crippen LogP contribution in [-0.2, 0) is 0 Å². The molecule has 0 heterocycles. The summed E-state index contributed by atoms with van der Waals surface area (Å²) in [6.45, 7) is 1.58. The number of alkyl halides is 3. The molecule has 0 bridgehead atoms. The first-order chi connectivity index (χ1) is 8.65. The molecule has 6 N–H and O–H groups in total. The number of nitrogens with two attached hydrogens (primary N) is 3. The quantitative estimate of drug-likeness (QED) is 0.554. The lowest BCUT2D eigenvalue weighted by Gasteiger charge is -2.10. The van der Waals surface area contributed by atoms with E-state index in [9.17, 15) is 13.2 Å². The molecule has 0 saturated heterocycles. The van der Waals surface area contributed by atoms with Gasteiger partial charge in [-0.15, -0.1) is 13.2 Å². The minimum atomic E-state index is -4.78. The van der Waals surface area contributed by atoms with Gasteiger partial charge in [0.1, 0.15) is 5.75 Å². The molecule has 0 atom stereocenters. The highest BCUT2D eigenvalue weighted by molar-refractivity contribution is 5.93. The third-order valence-electron chi connectivity index (χ3n) is 1.76. The fraction of sp³-hybridized carbons (Fsp3) is 0.200. The second kappa shape index (κ2) is 5.46. The largest absolute Gasteiger partial charge is 0.573 e. The molecule has 0 aliphatic heterocycles. The zero-order chi connectivity index (χ0) is 14.6. The summed E-state index contributed by atoms with van der Waals surface area (Å²) in [5, 5.41) is 0. The van der Waals surface area contributed by atoms with E-state index < -0.39 is 12.1 Å². The fourth-order valence-corrected chi connectivity index (χ4v) is 1.28. The van der Waals surface area contributed by atoms with Gasteiger partial charge in [0.15, 0.2) is 5.96 Å². The summed E-state index contributed by atoms with van der Waals surface area (Å²) in [7, 11) is 0. The van der Waals surface area contributed by atoms with Crippen molar-refractivity contribution in [3.63, 3.8) is 0 Å². The lowest BCUT2D eigenvalue weighted by atomic mass is 10.2. The van der Waals surface area contributed by atoms with Gasteiger partial charge in [-0.25, -0.2) is 4.99 Å². The molecule has 0 aromatic heterocycles. The first-order valence-corrected chi connectivity index (χ1v) is 4.97. The van der Waals surface area contributed by atoms with E-state index in [0.29, 0.717) is 5.56 Å². The Bertz CT molecular complexity index is 520. The minimum absolute atomic E-state index is 0.141. The maximum Gasteiger partial charge on any atom is 0.573 e. The summed E-state index contributed by atoms with van der Waals surface area (Å²) in [5.41, 5.74) is 16.2. The Kier molecular flexibility index (Phi) is 4.20. The topological polar surface area (TPSA) is 112 Å². The average molecular weight is 275 g/mol. The third-order valence-corrected chi connectivity index (χ3v) is 1.76. The highest BCUT2D eigenvalue weighted by atomic mass is 19.4. The Hall–Kier alpha value is -2.45. The smallest absolute Gasteiger partial charge is 0.406 e. The zero-order valence-electron chi connectivity index (χ0n) is 9.90. The Morgan fingerprint density at radius 3 is 2.32 bits per heavy atom. The van der Waals surface area contributed by atoms with Crippen LogP contribution in [0.25, 0.3) is 0 Å². The number of benzene rings is 1. The Labute approximate surface area is 106 Å². The number of nitrogens with zero attached hydrogens (tertiary/aromatic N) is 2. The van der Waals surface area contributed by atoms with E-state index in [-0.39, 0.29) is 17.6 Å². The molecular formula is C10H12F3N5O. The number of ether oxygens (including phenoxy) is 1. The van der Waals surface area contributed by atoms with Crippen molar-refractivity contribution in [2.45, 2.75) is 13.3 Å². The molecule has 1 aromatic rings. The van der Waals surface area contributed by atoms with Crippen molar-refractivity contribution >= 4 is 17.6 Å². The molecule has 0 aliphatic rings. The summed E-state index contributed by atoms with van der Waals surface area (Å²) in [6, 6.07) is 3.77. The van der Waals surface area contributed by atoms with Crippen molar-refractivity contribution in [2.24, 2.45) is 27.2 Å². The number of halogens is 3. The molecule has 0 radical (unpaired) electrons. The van der Waals surface area contributed by atoms with Gasteiger partial charge in [-0.1, -0.05) is 0 Å². The van der Waals surface area contributed by atoms with E-state index in [4.69, 9.17) is 17.2 Å². The van der Waals surface area contributed by atoms with Crippen molar-refractivity contribution < 1.29 is 17.9 Å². The predicted octanol–water partition coefficient (Wildman–Crippen LogP) is 1.11. The van der Waals surface area contributed by atoms with E-state index in [1.807, 2.05) is 0 Å². The van der Waals surface area contributed by atoms with Gasteiger partial charge in [-0.3, -0.25) is 0 Å². The van der Waals surface area contributed by atoms with Gasteiger partial charge in [0.05, 0.1) is 5.69 Å². The van der Waals surface area contributed by atoms with Crippen LogP contribution in [-0.4, -0.2) is 18.3 Å². The average Bonchev–Trinajstić information content (AvgIpc) is 2.10. The van der Waals surface area contributed by atoms with Crippen molar-refractivity contribution in [1.82, 2.24) is 0 Å². The number of guanidine groups is 2. The number of rotatable bonds is 2. The van der Waals surface area contributed by atoms with Crippen molar-refractivity contribution in [1.29, 1.82) is 0 Å². The monoisotopic (exact) mass is 275 g/mol. The number of hydrogen-bond acceptors (Lipinski definition) is 2. The van der Waals surface area contributed by atoms with Crippen LogP contribution >= 0.6 is 0 Å². The maximum absolute atomic E-state index is 12.1. The summed E-state index contributed by atoms with van der Waals surface area (Å²) >= 11 is 0. The van der Waals surface area contributed by atoms with Crippen LogP contribution in [0.5, 0.6) is 5.75 Å². The van der Waals surface area contributed by atoms with Gasteiger partial charge in [0.25, 0.3) is 0 Å². The molecule has 0 saturated carbocycles. The summed E-state index contributed by atoms with van der Waals surface area (Å²) in [4.78, 5) is 7.19. The molecular weight excluding hydrogens is 263 g/mol. The van der Waals surface area contributed by atoms with E-state index in [1.54, 1.807) is 6.92 Å². The van der Waals surface area contributed by atoms with Crippen LogP contribution < -0.4 is 21.9 Å². The molecule has 0 fully saturated rings. The van der Waals surface area contributed by atoms with E-state index >= 15 is 0 Å². The van der Waals surface area contributed by atoms with Gasteiger partial charge in [-0.2, -0.15) is 4.99 Å². The second-order valence-corrected chi connectivity index (χ2v) is 3.56. The molecule has 19 heavy (non-hydrogen) atoms. The molecule has 0 aliphatic carbocycles. The molecule has 1 aromatic carbocycles. The molecule has 104 valence electrons. The van der Waals surface area contributed by atoms with Crippen molar-refractivity contribution in [3.05, 3.63) is 23.8 Å². The van der Waals surface area contributed by atoms with Crippen LogP contribution in [0.2, 0.25) is 0 Å². The van der Waals surface area contributed by atoms with Gasteiger partial charge in [-0.05, 0) is 24.6 Å². The summed E-state index contributed by atoms with van der Waals surface area (Å²) < 4.78 is 40.1. The second-order valence-electron chi connectivity index (χ2n) is 3.56. The van der Waals surface area contributed by atoms with Gasteiger partial charge in [0.2, 0.25) is 5.96 Å². The molecule has 6 nitrogen and oxygen atoms in total. The fourth-order valence-electron chi connectivity index (χ4n) is 1.28. The van der Waals surface area contributed by atoms with Gasteiger partial charge >= 0.3 is 6.36 Å².